The maximum atomic E-state index is 13.2. The van der Waals surface area contributed by atoms with Crippen LogP contribution < -0.4 is 9.80 Å². The summed E-state index contributed by atoms with van der Waals surface area (Å²) < 4.78 is 78.5. The molecule has 0 unspecified atom stereocenters. The van der Waals surface area contributed by atoms with Crippen molar-refractivity contribution in [2.24, 2.45) is 7.05 Å². The van der Waals surface area contributed by atoms with Crippen LogP contribution >= 0.6 is 0 Å². The summed E-state index contributed by atoms with van der Waals surface area (Å²) in [5.74, 6) is -4.97. The van der Waals surface area contributed by atoms with Crippen LogP contribution in [0.15, 0.2) is 42.7 Å². The molecule has 41 heavy (non-hydrogen) atoms. The molecule has 0 radical (unpaired) electrons. The lowest BCUT2D eigenvalue weighted by Crippen LogP contribution is -2.31. The van der Waals surface area contributed by atoms with Crippen molar-refractivity contribution in [2.45, 2.75) is 25.7 Å². The molecule has 1 fully saturated rings. The number of benzene rings is 1. The number of rotatable bonds is 3. The Morgan fingerprint density at radius 1 is 0.854 bits per heavy atom. The average Bonchev–Trinajstić information content (AvgIpc) is 3.06. The summed E-state index contributed by atoms with van der Waals surface area (Å²) in [5, 5.41) is 18.7. The number of carboxylic acids is 2. The van der Waals surface area contributed by atoms with E-state index >= 15 is 0 Å². The quantitative estimate of drug-likeness (QED) is 0.427. The molecule has 1 aliphatic rings. The Kier molecular flexibility index (Phi) is 11.0. The van der Waals surface area contributed by atoms with Crippen molar-refractivity contribution in [1.29, 1.82) is 0 Å². The van der Waals surface area contributed by atoms with Gasteiger partial charge in [0.05, 0.1) is 11.4 Å². The average molecular weight is 594 g/mol. The van der Waals surface area contributed by atoms with E-state index in [9.17, 15) is 30.7 Å². The van der Waals surface area contributed by atoms with E-state index in [2.05, 4.69) is 19.9 Å². The number of hydrogen-bond donors (Lipinski definition) is 2. The fraction of sp³-hybridized carbons (Fsp3) is 0.375. The second-order valence-corrected chi connectivity index (χ2v) is 8.45. The van der Waals surface area contributed by atoms with E-state index in [4.69, 9.17) is 24.8 Å². The van der Waals surface area contributed by atoms with Crippen molar-refractivity contribution in [3.8, 4) is 11.3 Å². The van der Waals surface area contributed by atoms with Gasteiger partial charge in [0.25, 0.3) is 0 Å². The number of alkyl halides is 6. The smallest absolute Gasteiger partial charge is 0.475 e. The number of carbonyl (C=O) groups is 2. The maximum absolute atomic E-state index is 13.2. The molecule has 2 aromatic heterocycles. The molecular formula is C24H25F7N6O4. The minimum Gasteiger partial charge on any atom is -0.475 e. The van der Waals surface area contributed by atoms with Gasteiger partial charge in [-0.15, -0.1) is 0 Å². The van der Waals surface area contributed by atoms with Gasteiger partial charge in [-0.25, -0.2) is 23.9 Å². The van der Waals surface area contributed by atoms with Gasteiger partial charge in [0.15, 0.2) is 0 Å². The SMILES string of the molecule is Cc1nn(C)cc1-c1ccnc(N2CCCN(c3ccc(F)cc3)CC2)n1.O=C(O)C(F)(F)F.O=C(O)C(F)(F)F. The minimum absolute atomic E-state index is 0.203. The highest BCUT2D eigenvalue weighted by Gasteiger charge is 2.38. The molecule has 0 bridgehead atoms. The zero-order valence-corrected chi connectivity index (χ0v) is 21.6. The predicted molar refractivity (Wildman–Crippen MR) is 132 cm³/mol. The maximum Gasteiger partial charge on any atom is 0.490 e. The van der Waals surface area contributed by atoms with Gasteiger partial charge in [-0.2, -0.15) is 31.4 Å². The fourth-order valence-corrected chi connectivity index (χ4v) is 3.53. The van der Waals surface area contributed by atoms with Crippen molar-refractivity contribution in [2.75, 3.05) is 36.0 Å². The highest BCUT2D eigenvalue weighted by atomic mass is 19.4. The molecule has 17 heteroatoms. The number of aromatic nitrogens is 4. The van der Waals surface area contributed by atoms with Crippen LogP contribution in [0.1, 0.15) is 12.1 Å². The normalized spacial score (nSPS) is 13.8. The fourth-order valence-electron chi connectivity index (χ4n) is 3.53. The molecule has 2 N–H and O–H groups in total. The number of aliphatic carboxylic acids is 2. The molecule has 3 aromatic rings. The highest BCUT2D eigenvalue weighted by molar-refractivity contribution is 5.73. The monoisotopic (exact) mass is 594 g/mol. The molecule has 1 aromatic carbocycles. The van der Waals surface area contributed by atoms with Crippen LogP contribution in [0.2, 0.25) is 0 Å². The Bertz CT molecular complexity index is 1290. The first-order valence-electron chi connectivity index (χ1n) is 11.7. The van der Waals surface area contributed by atoms with Gasteiger partial charge in [0.2, 0.25) is 5.95 Å². The van der Waals surface area contributed by atoms with Gasteiger partial charge in [-0.05, 0) is 43.7 Å². The van der Waals surface area contributed by atoms with Crippen LogP contribution in [0.4, 0.5) is 42.4 Å². The van der Waals surface area contributed by atoms with Crippen LogP contribution in [-0.4, -0.2) is 80.4 Å². The van der Waals surface area contributed by atoms with E-state index in [-0.39, 0.29) is 5.82 Å². The topological polar surface area (TPSA) is 125 Å². The van der Waals surface area contributed by atoms with E-state index in [1.54, 1.807) is 4.68 Å². The number of aryl methyl sites for hydroxylation is 2. The Balaban J connectivity index is 0.000000349. The molecular weight excluding hydrogens is 569 g/mol. The van der Waals surface area contributed by atoms with Gasteiger partial charge in [-0.1, -0.05) is 0 Å². The van der Waals surface area contributed by atoms with E-state index in [0.717, 1.165) is 61.2 Å². The van der Waals surface area contributed by atoms with Crippen LogP contribution in [0.25, 0.3) is 11.3 Å². The standard InChI is InChI=1S/C20H23FN6.2C2HF3O2/c1-15-18(14-25(2)24-15)19-8-9-22-20(23-19)27-11-3-10-26(12-13-27)17-6-4-16(21)5-7-17;2*3-2(4,5)1(6)7/h4-9,14H,3,10-13H2,1-2H3;2*(H,6,7). The van der Waals surface area contributed by atoms with E-state index in [0.29, 0.717) is 0 Å². The van der Waals surface area contributed by atoms with Gasteiger partial charge < -0.3 is 20.0 Å². The van der Waals surface area contributed by atoms with Crippen molar-refractivity contribution >= 4 is 23.6 Å². The largest absolute Gasteiger partial charge is 0.490 e. The Hall–Kier alpha value is -4.44. The molecule has 1 aliphatic heterocycles. The second-order valence-electron chi connectivity index (χ2n) is 8.45. The number of nitrogens with zero attached hydrogens (tertiary/aromatic N) is 6. The predicted octanol–water partition coefficient (Wildman–Crippen LogP) is 4.31. The molecule has 10 nitrogen and oxygen atoms in total. The third-order valence-corrected chi connectivity index (χ3v) is 5.39. The number of hydrogen-bond acceptors (Lipinski definition) is 7. The van der Waals surface area contributed by atoms with Gasteiger partial charge in [-0.3, -0.25) is 4.68 Å². The summed E-state index contributed by atoms with van der Waals surface area (Å²) in [6.07, 6.45) is -5.37. The number of halogens is 7. The first-order chi connectivity index (χ1) is 19.0. The Morgan fingerprint density at radius 3 is 1.85 bits per heavy atom. The van der Waals surface area contributed by atoms with Gasteiger partial charge in [0.1, 0.15) is 5.82 Å². The summed E-state index contributed by atoms with van der Waals surface area (Å²) in [6.45, 7) is 5.50. The Morgan fingerprint density at radius 2 is 1.37 bits per heavy atom. The van der Waals surface area contributed by atoms with Gasteiger partial charge in [0, 0.05) is 56.9 Å². The zero-order valence-electron chi connectivity index (χ0n) is 21.6. The summed E-state index contributed by atoms with van der Waals surface area (Å²) in [4.78, 5) is 31.6. The highest BCUT2D eigenvalue weighted by Crippen LogP contribution is 2.23. The molecule has 0 amide bonds. The van der Waals surface area contributed by atoms with Crippen LogP contribution in [0, 0.1) is 12.7 Å². The molecule has 0 atom stereocenters. The molecule has 0 spiro atoms. The lowest BCUT2D eigenvalue weighted by atomic mass is 10.2. The third kappa shape index (κ3) is 10.2. The van der Waals surface area contributed by atoms with Crippen LogP contribution in [0.5, 0.6) is 0 Å². The summed E-state index contributed by atoms with van der Waals surface area (Å²) >= 11 is 0. The Labute approximate surface area is 228 Å². The first kappa shape index (κ1) is 32.8. The molecule has 224 valence electrons. The second kappa shape index (κ2) is 13.8. The minimum atomic E-state index is -5.08. The first-order valence-corrected chi connectivity index (χ1v) is 11.7. The van der Waals surface area contributed by atoms with Crippen LogP contribution in [-0.2, 0) is 16.6 Å². The third-order valence-electron chi connectivity index (χ3n) is 5.39. The molecule has 0 aliphatic carbocycles. The van der Waals surface area contributed by atoms with E-state index in [1.807, 2.05) is 44.6 Å². The van der Waals surface area contributed by atoms with Crippen molar-refractivity contribution in [1.82, 2.24) is 19.7 Å². The lowest BCUT2D eigenvalue weighted by Gasteiger charge is -2.23. The number of anilines is 2. The number of carboxylic acid groups (broad SMARTS) is 2. The van der Waals surface area contributed by atoms with Gasteiger partial charge >= 0.3 is 24.3 Å². The summed E-state index contributed by atoms with van der Waals surface area (Å²) in [6, 6.07) is 8.64. The lowest BCUT2D eigenvalue weighted by molar-refractivity contribution is -0.193. The van der Waals surface area contributed by atoms with E-state index < -0.39 is 24.3 Å². The molecule has 1 saturated heterocycles. The molecule has 4 rings (SSSR count). The van der Waals surface area contributed by atoms with Crippen LogP contribution in [0.3, 0.4) is 0 Å². The molecule has 0 saturated carbocycles. The van der Waals surface area contributed by atoms with Crippen molar-refractivity contribution in [3.05, 3.63) is 54.2 Å². The van der Waals surface area contributed by atoms with E-state index in [1.165, 1.54) is 12.1 Å². The van der Waals surface area contributed by atoms with Crippen molar-refractivity contribution < 1.29 is 50.5 Å². The molecule has 3 heterocycles. The van der Waals surface area contributed by atoms with Crippen molar-refractivity contribution in [3.63, 3.8) is 0 Å². The summed E-state index contributed by atoms with van der Waals surface area (Å²) in [5.41, 5.74) is 3.94. The summed E-state index contributed by atoms with van der Waals surface area (Å²) in [7, 11) is 1.91. The zero-order chi connectivity index (χ0) is 31.0.